The van der Waals surface area contributed by atoms with Crippen molar-refractivity contribution >= 4 is 17.4 Å². The Kier molecular flexibility index (Phi) is 8.12. The second-order valence-electron chi connectivity index (χ2n) is 8.65. The van der Waals surface area contributed by atoms with E-state index in [-0.39, 0.29) is 11.3 Å². The molecule has 0 aliphatic carbocycles. The van der Waals surface area contributed by atoms with Crippen molar-refractivity contribution in [1.29, 1.82) is 0 Å². The molecule has 2 heterocycles. The third kappa shape index (κ3) is 5.17. The predicted molar refractivity (Wildman–Crippen MR) is 133 cm³/mol. The number of aliphatic hydroxyl groups is 1. The van der Waals surface area contributed by atoms with Crippen molar-refractivity contribution in [1.82, 2.24) is 9.80 Å². The van der Waals surface area contributed by atoms with Gasteiger partial charge in [0.25, 0.3) is 11.7 Å². The fraction of sp³-hybridized carbons (Fsp3) is 0.407. The van der Waals surface area contributed by atoms with Gasteiger partial charge in [-0.2, -0.15) is 0 Å². The third-order valence-electron chi connectivity index (χ3n) is 6.58. The number of benzene rings is 2. The fourth-order valence-corrected chi connectivity index (χ4v) is 4.70. The van der Waals surface area contributed by atoms with E-state index >= 15 is 0 Å². The minimum absolute atomic E-state index is 0.0341. The van der Waals surface area contributed by atoms with Crippen LogP contribution in [0.3, 0.4) is 0 Å². The van der Waals surface area contributed by atoms with Gasteiger partial charge in [0.2, 0.25) is 0 Å². The molecule has 0 spiro atoms. The fourth-order valence-electron chi connectivity index (χ4n) is 4.70. The Labute approximate surface area is 210 Å². The third-order valence-corrected chi connectivity index (χ3v) is 6.58. The molecule has 1 N–H and O–H groups in total. The molecule has 2 fully saturated rings. The van der Waals surface area contributed by atoms with Crippen LogP contribution in [0.1, 0.15) is 23.6 Å². The van der Waals surface area contributed by atoms with Crippen molar-refractivity contribution in [3.05, 3.63) is 59.2 Å². The highest BCUT2D eigenvalue weighted by molar-refractivity contribution is 6.46. The number of nitrogens with zero attached hydrogens (tertiary/aromatic N) is 2. The first kappa shape index (κ1) is 25.5. The van der Waals surface area contributed by atoms with Crippen LogP contribution in [0.4, 0.5) is 0 Å². The molecule has 4 rings (SSSR count). The molecule has 1 atom stereocenters. The molecule has 9 nitrogen and oxygen atoms in total. The van der Waals surface area contributed by atoms with Gasteiger partial charge in [0.05, 0.1) is 46.2 Å². The van der Waals surface area contributed by atoms with Gasteiger partial charge in [-0.25, -0.2) is 0 Å². The van der Waals surface area contributed by atoms with Gasteiger partial charge >= 0.3 is 0 Å². The highest BCUT2D eigenvalue weighted by Gasteiger charge is 2.46. The van der Waals surface area contributed by atoms with Gasteiger partial charge in [-0.05, 0) is 36.2 Å². The summed E-state index contributed by atoms with van der Waals surface area (Å²) in [7, 11) is 4.59. The zero-order chi connectivity index (χ0) is 25.7. The van der Waals surface area contributed by atoms with E-state index < -0.39 is 17.7 Å². The van der Waals surface area contributed by atoms with E-state index in [0.717, 1.165) is 19.6 Å². The summed E-state index contributed by atoms with van der Waals surface area (Å²) in [4.78, 5) is 30.3. The summed E-state index contributed by atoms with van der Waals surface area (Å²) >= 11 is 0. The van der Waals surface area contributed by atoms with Gasteiger partial charge in [-0.15, -0.1) is 0 Å². The summed E-state index contributed by atoms with van der Waals surface area (Å²) in [6.07, 6.45) is 0.677. The normalized spacial score (nSPS) is 20.0. The van der Waals surface area contributed by atoms with Crippen LogP contribution in [0.25, 0.3) is 5.76 Å². The smallest absolute Gasteiger partial charge is 0.295 e. The van der Waals surface area contributed by atoms with E-state index in [1.807, 2.05) is 0 Å². The van der Waals surface area contributed by atoms with E-state index in [1.54, 1.807) is 42.5 Å². The van der Waals surface area contributed by atoms with Gasteiger partial charge in [-0.3, -0.25) is 14.5 Å². The highest BCUT2D eigenvalue weighted by atomic mass is 16.5. The SMILES string of the molecule is COc1cccc(/C(O)=C2/C(=O)C(=O)N(CCCN3CCOCC3)C2c2ccc(OC)c(OC)c2)c1. The second kappa shape index (κ2) is 11.5. The lowest BCUT2D eigenvalue weighted by molar-refractivity contribution is -0.140. The number of carbonyl (C=O) groups excluding carboxylic acids is 2. The Morgan fingerprint density at radius 1 is 0.972 bits per heavy atom. The number of amides is 1. The van der Waals surface area contributed by atoms with Crippen LogP contribution in [0.15, 0.2) is 48.0 Å². The van der Waals surface area contributed by atoms with E-state index in [4.69, 9.17) is 18.9 Å². The topological polar surface area (TPSA) is 97.8 Å². The number of morpholine rings is 1. The first-order valence-electron chi connectivity index (χ1n) is 11.9. The molecule has 0 bridgehead atoms. The summed E-state index contributed by atoms with van der Waals surface area (Å²) < 4.78 is 21.5. The zero-order valence-electron chi connectivity index (χ0n) is 20.9. The van der Waals surface area contributed by atoms with Crippen LogP contribution in [-0.2, 0) is 14.3 Å². The molecular weight excluding hydrogens is 464 g/mol. The maximum Gasteiger partial charge on any atom is 0.295 e. The molecule has 1 amide bonds. The molecule has 2 aromatic rings. The van der Waals surface area contributed by atoms with E-state index in [9.17, 15) is 14.7 Å². The summed E-state index contributed by atoms with van der Waals surface area (Å²) in [5, 5.41) is 11.3. The molecule has 0 radical (unpaired) electrons. The van der Waals surface area contributed by atoms with Crippen molar-refractivity contribution < 1.29 is 33.6 Å². The van der Waals surface area contributed by atoms with Crippen LogP contribution in [-0.4, -0.2) is 87.3 Å². The van der Waals surface area contributed by atoms with Crippen LogP contribution in [0.5, 0.6) is 17.2 Å². The molecule has 2 saturated heterocycles. The molecular formula is C27H32N2O7. The van der Waals surface area contributed by atoms with Crippen molar-refractivity contribution in [3.8, 4) is 17.2 Å². The van der Waals surface area contributed by atoms with Crippen molar-refractivity contribution in [2.75, 3.05) is 60.7 Å². The number of ketones is 1. The number of Topliss-reactive ketones (excluding diaryl/α,β-unsaturated/α-hetero) is 1. The first-order valence-corrected chi connectivity index (χ1v) is 11.9. The molecule has 2 aliphatic rings. The number of hydrogen-bond donors (Lipinski definition) is 1. The van der Waals surface area contributed by atoms with E-state index in [0.29, 0.717) is 54.6 Å². The van der Waals surface area contributed by atoms with Crippen LogP contribution < -0.4 is 14.2 Å². The number of methoxy groups -OCH3 is 3. The lowest BCUT2D eigenvalue weighted by Gasteiger charge is -2.29. The maximum absolute atomic E-state index is 13.3. The molecule has 36 heavy (non-hydrogen) atoms. The van der Waals surface area contributed by atoms with E-state index in [2.05, 4.69) is 4.90 Å². The quantitative estimate of drug-likeness (QED) is 0.322. The number of likely N-dealkylation sites (tertiary alicyclic amines) is 1. The Morgan fingerprint density at radius 3 is 2.42 bits per heavy atom. The summed E-state index contributed by atoms with van der Waals surface area (Å²) in [5.74, 6) is -0.0829. The van der Waals surface area contributed by atoms with Crippen LogP contribution in [0, 0.1) is 0 Å². The number of carbonyl (C=O) groups is 2. The lowest BCUT2D eigenvalue weighted by atomic mass is 9.95. The van der Waals surface area contributed by atoms with Crippen molar-refractivity contribution in [2.45, 2.75) is 12.5 Å². The molecule has 0 aromatic heterocycles. The van der Waals surface area contributed by atoms with Gasteiger partial charge in [0.15, 0.2) is 11.5 Å². The summed E-state index contributed by atoms with van der Waals surface area (Å²) in [6, 6.07) is 11.2. The number of ether oxygens (including phenoxy) is 4. The average Bonchev–Trinajstić information content (AvgIpc) is 3.17. The van der Waals surface area contributed by atoms with E-state index in [1.165, 1.54) is 26.2 Å². The zero-order valence-corrected chi connectivity index (χ0v) is 20.9. The standard InChI is InChI=1S/C27H32N2O7/c1-33-20-7-4-6-19(16-20)25(30)23-24(18-8-9-21(34-2)22(17-18)35-3)29(27(32)26(23)31)11-5-10-28-12-14-36-15-13-28/h4,6-9,16-17,24,30H,5,10-15H2,1-3H3/b25-23-. The summed E-state index contributed by atoms with van der Waals surface area (Å²) in [5.41, 5.74) is 1.07. The Bertz CT molecular complexity index is 1140. The Balaban J connectivity index is 1.73. The maximum atomic E-state index is 13.3. The van der Waals surface area contributed by atoms with Crippen molar-refractivity contribution in [2.24, 2.45) is 0 Å². The lowest BCUT2D eigenvalue weighted by Crippen LogP contribution is -2.38. The Hall–Kier alpha value is -3.56. The molecule has 9 heteroatoms. The molecule has 0 saturated carbocycles. The highest BCUT2D eigenvalue weighted by Crippen LogP contribution is 2.42. The average molecular weight is 497 g/mol. The minimum atomic E-state index is -0.777. The molecule has 2 aliphatic heterocycles. The minimum Gasteiger partial charge on any atom is -0.507 e. The summed E-state index contributed by atoms with van der Waals surface area (Å²) in [6.45, 7) is 4.20. The number of hydrogen-bond acceptors (Lipinski definition) is 8. The predicted octanol–water partition coefficient (Wildman–Crippen LogP) is 2.86. The Morgan fingerprint density at radius 2 is 1.72 bits per heavy atom. The van der Waals surface area contributed by atoms with Gasteiger partial charge in [0.1, 0.15) is 11.5 Å². The van der Waals surface area contributed by atoms with Crippen molar-refractivity contribution in [3.63, 3.8) is 0 Å². The first-order chi connectivity index (χ1) is 17.5. The van der Waals surface area contributed by atoms with Crippen LogP contribution in [0.2, 0.25) is 0 Å². The van der Waals surface area contributed by atoms with Crippen LogP contribution >= 0.6 is 0 Å². The molecule has 2 aromatic carbocycles. The van der Waals surface area contributed by atoms with Gasteiger partial charge in [0, 0.05) is 31.7 Å². The van der Waals surface area contributed by atoms with Gasteiger partial charge < -0.3 is 29.0 Å². The largest absolute Gasteiger partial charge is 0.507 e. The second-order valence-corrected chi connectivity index (χ2v) is 8.65. The monoisotopic (exact) mass is 496 g/mol. The molecule has 1 unspecified atom stereocenters. The number of rotatable bonds is 9. The molecule has 192 valence electrons. The van der Waals surface area contributed by atoms with Gasteiger partial charge in [-0.1, -0.05) is 18.2 Å². The number of aliphatic hydroxyl groups excluding tert-OH is 1.